The average molecular weight is 445 g/mol. The van der Waals surface area contributed by atoms with E-state index in [-0.39, 0.29) is 5.41 Å². The van der Waals surface area contributed by atoms with Gasteiger partial charge < -0.3 is 5.11 Å². The monoisotopic (exact) mass is 444 g/mol. The molecular weight excluding hydrogens is 427 g/mol. The molecule has 0 fully saturated rings. The van der Waals surface area contributed by atoms with Crippen molar-refractivity contribution in [3.05, 3.63) is 67.2 Å². The third kappa shape index (κ3) is 3.62. The summed E-state index contributed by atoms with van der Waals surface area (Å²) in [7, 11) is 0. The molecule has 2 aromatic carbocycles. The third-order valence-electron chi connectivity index (χ3n) is 3.35. The van der Waals surface area contributed by atoms with E-state index in [1.165, 1.54) is 5.56 Å². The highest BCUT2D eigenvalue weighted by Crippen LogP contribution is 2.30. The highest BCUT2D eigenvalue weighted by Gasteiger charge is 2.17. The first-order valence-corrected chi connectivity index (χ1v) is 8.39. The average Bonchev–Trinajstić information content (AvgIpc) is 2.40. The Balaban J connectivity index is 2.34. The molecule has 0 aliphatic heterocycles. The van der Waals surface area contributed by atoms with Crippen LogP contribution in [0.2, 0.25) is 0 Å². The van der Waals surface area contributed by atoms with Gasteiger partial charge in [-0.05, 0) is 62.9 Å². The van der Waals surface area contributed by atoms with Crippen LogP contribution in [0.25, 0.3) is 0 Å². The first-order valence-electron chi connectivity index (χ1n) is 6.52. The largest absolute Gasteiger partial charge is 0.384 e. The van der Waals surface area contributed by atoms with Gasteiger partial charge in [0.2, 0.25) is 0 Å². The topological polar surface area (TPSA) is 20.2 Å². The van der Waals surface area contributed by atoms with Crippen LogP contribution in [0.1, 0.15) is 43.6 Å². The first kappa shape index (κ1) is 16.0. The Hall–Kier alpha value is -0.390. The molecule has 1 N–H and O–H groups in total. The summed E-state index contributed by atoms with van der Waals surface area (Å²) < 4.78 is 2.05. The summed E-state index contributed by atoms with van der Waals surface area (Å²) in [6.45, 7) is 6.57. The van der Waals surface area contributed by atoms with Crippen LogP contribution in [-0.4, -0.2) is 5.11 Å². The molecule has 0 aliphatic rings. The van der Waals surface area contributed by atoms with Crippen LogP contribution in [0.3, 0.4) is 0 Å². The molecule has 0 spiro atoms. The van der Waals surface area contributed by atoms with Crippen molar-refractivity contribution in [1.82, 2.24) is 0 Å². The van der Waals surface area contributed by atoms with Crippen molar-refractivity contribution in [3.8, 4) is 0 Å². The van der Waals surface area contributed by atoms with Gasteiger partial charge >= 0.3 is 0 Å². The second-order valence-corrected chi connectivity index (χ2v) is 8.02. The summed E-state index contributed by atoms with van der Waals surface area (Å²) in [6.07, 6.45) is -0.589. The Kier molecular flexibility index (Phi) is 4.92. The molecule has 20 heavy (non-hydrogen) atoms. The first-order chi connectivity index (χ1) is 9.29. The van der Waals surface area contributed by atoms with E-state index in [2.05, 4.69) is 71.4 Å². The van der Waals surface area contributed by atoms with Crippen LogP contribution in [0.5, 0.6) is 0 Å². The number of hydrogen-bond acceptors (Lipinski definition) is 1. The van der Waals surface area contributed by atoms with Crippen molar-refractivity contribution < 1.29 is 5.11 Å². The molecule has 0 radical (unpaired) electrons. The van der Waals surface area contributed by atoms with Crippen molar-refractivity contribution in [2.45, 2.75) is 32.3 Å². The van der Waals surface area contributed by atoms with Gasteiger partial charge in [0.25, 0.3) is 0 Å². The molecule has 106 valence electrons. The van der Waals surface area contributed by atoms with Gasteiger partial charge in [-0.1, -0.05) is 61.0 Å². The minimum atomic E-state index is -0.589. The van der Waals surface area contributed by atoms with Gasteiger partial charge in [0.1, 0.15) is 6.10 Å². The van der Waals surface area contributed by atoms with Crippen LogP contribution in [0, 0.1) is 3.57 Å². The molecule has 2 aromatic rings. The number of aliphatic hydroxyl groups excluding tert-OH is 1. The third-order valence-corrected chi connectivity index (χ3v) is 4.82. The molecule has 0 aromatic heterocycles. The zero-order valence-electron chi connectivity index (χ0n) is 11.8. The van der Waals surface area contributed by atoms with Crippen molar-refractivity contribution in [2.24, 2.45) is 0 Å². The second-order valence-electron chi connectivity index (χ2n) is 5.94. The molecule has 0 heterocycles. The van der Waals surface area contributed by atoms with Crippen molar-refractivity contribution in [2.75, 3.05) is 0 Å². The van der Waals surface area contributed by atoms with E-state index in [0.29, 0.717) is 0 Å². The van der Waals surface area contributed by atoms with Gasteiger partial charge in [0.05, 0.1) is 0 Å². The molecule has 0 saturated heterocycles. The van der Waals surface area contributed by atoms with E-state index < -0.39 is 6.10 Å². The molecule has 1 unspecified atom stereocenters. The maximum atomic E-state index is 10.6. The molecule has 0 bridgehead atoms. The second kappa shape index (κ2) is 6.16. The number of aliphatic hydroxyl groups is 1. The molecule has 1 nitrogen and oxygen atoms in total. The Bertz CT molecular complexity index is 599. The van der Waals surface area contributed by atoms with Gasteiger partial charge in [-0.3, -0.25) is 0 Å². The number of halogens is 2. The molecule has 0 saturated carbocycles. The lowest BCUT2D eigenvalue weighted by Crippen LogP contribution is -2.11. The Morgan fingerprint density at radius 1 is 1.05 bits per heavy atom. The van der Waals surface area contributed by atoms with E-state index in [1.54, 1.807) is 0 Å². The van der Waals surface area contributed by atoms with Gasteiger partial charge in [-0.25, -0.2) is 0 Å². The maximum absolute atomic E-state index is 10.6. The Labute approximate surface area is 142 Å². The summed E-state index contributed by atoms with van der Waals surface area (Å²) in [5, 5.41) is 10.6. The lowest BCUT2D eigenvalue weighted by Gasteiger charge is -2.20. The number of benzene rings is 2. The summed E-state index contributed by atoms with van der Waals surface area (Å²) >= 11 is 5.72. The standard InChI is InChI=1S/C17H18BrIO/c1-17(2,3)12-6-4-11(5-7-12)16(20)14-10-13(18)8-9-15(14)19/h4-10,16,20H,1-3H3. The van der Waals surface area contributed by atoms with E-state index in [1.807, 2.05) is 30.3 Å². The SMILES string of the molecule is CC(C)(C)c1ccc(C(O)c2cc(Br)ccc2I)cc1. The normalized spacial score (nSPS) is 13.3. The summed E-state index contributed by atoms with van der Waals surface area (Å²) in [6, 6.07) is 14.2. The quantitative estimate of drug-likeness (QED) is 0.612. The van der Waals surface area contributed by atoms with Gasteiger partial charge in [0, 0.05) is 8.04 Å². The summed E-state index contributed by atoms with van der Waals surface area (Å²) in [4.78, 5) is 0. The Morgan fingerprint density at radius 2 is 1.65 bits per heavy atom. The van der Waals surface area contributed by atoms with Gasteiger partial charge in [-0.15, -0.1) is 0 Å². The number of hydrogen-bond donors (Lipinski definition) is 1. The predicted octanol–water partition coefficient (Wildman–Crippen LogP) is 5.43. The van der Waals surface area contributed by atoms with Crippen molar-refractivity contribution >= 4 is 38.5 Å². The molecule has 3 heteroatoms. The highest BCUT2D eigenvalue weighted by atomic mass is 127. The molecule has 0 aliphatic carbocycles. The van der Waals surface area contributed by atoms with E-state index >= 15 is 0 Å². The smallest absolute Gasteiger partial charge is 0.105 e. The van der Waals surface area contributed by atoms with Crippen LogP contribution in [-0.2, 0) is 5.41 Å². The minimum Gasteiger partial charge on any atom is -0.384 e. The molecule has 2 rings (SSSR count). The fourth-order valence-corrected chi connectivity index (χ4v) is 3.08. The summed E-state index contributed by atoms with van der Waals surface area (Å²) in [5.74, 6) is 0. The zero-order chi connectivity index (χ0) is 14.9. The highest BCUT2D eigenvalue weighted by molar-refractivity contribution is 14.1. The van der Waals surface area contributed by atoms with Crippen LogP contribution >= 0.6 is 38.5 Å². The molecule has 1 atom stereocenters. The van der Waals surface area contributed by atoms with Crippen LogP contribution < -0.4 is 0 Å². The lowest BCUT2D eigenvalue weighted by molar-refractivity contribution is 0.219. The van der Waals surface area contributed by atoms with Crippen LogP contribution in [0.15, 0.2) is 46.9 Å². The van der Waals surface area contributed by atoms with E-state index in [0.717, 1.165) is 19.2 Å². The van der Waals surface area contributed by atoms with E-state index in [4.69, 9.17) is 0 Å². The van der Waals surface area contributed by atoms with Crippen molar-refractivity contribution in [3.63, 3.8) is 0 Å². The molecular formula is C17H18BrIO. The van der Waals surface area contributed by atoms with Gasteiger partial charge in [0.15, 0.2) is 0 Å². The number of rotatable bonds is 2. The fourth-order valence-electron chi connectivity index (χ4n) is 2.07. The lowest BCUT2D eigenvalue weighted by atomic mass is 9.86. The Morgan fingerprint density at radius 3 is 2.20 bits per heavy atom. The van der Waals surface area contributed by atoms with Crippen molar-refractivity contribution in [1.29, 1.82) is 0 Å². The summed E-state index contributed by atoms with van der Waals surface area (Å²) in [5.41, 5.74) is 3.27. The van der Waals surface area contributed by atoms with Crippen LogP contribution in [0.4, 0.5) is 0 Å². The maximum Gasteiger partial charge on any atom is 0.105 e. The van der Waals surface area contributed by atoms with E-state index in [9.17, 15) is 5.11 Å². The predicted molar refractivity (Wildman–Crippen MR) is 96.1 cm³/mol. The minimum absolute atomic E-state index is 0.133. The zero-order valence-corrected chi connectivity index (χ0v) is 15.6. The molecule has 0 amide bonds. The van der Waals surface area contributed by atoms with Gasteiger partial charge in [-0.2, -0.15) is 0 Å². The fraction of sp³-hybridized carbons (Fsp3) is 0.294.